The molecule has 0 spiro atoms. The third-order valence-corrected chi connectivity index (χ3v) is 6.04. The second-order valence-corrected chi connectivity index (χ2v) is 8.86. The summed E-state index contributed by atoms with van der Waals surface area (Å²) in [6, 6.07) is 17.3. The minimum atomic E-state index is -0.593. The first-order chi connectivity index (χ1) is 17.3. The fourth-order valence-corrected chi connectivity index (χ4v) is 4.15. The van der Waals surface area contributed by atoms with Gasteiger partial charge in [-0.2, -0.15) is 4.98 Å². The minimum absolute atomic E-state index is 0.0480. The second kappa shape index (κ2) is 9.31. The molecule has 2 N–H and O–H groups in total. The van der Waals surface area contributed by atoms with E-state index in [1.165, 1.54) is 16.2 Å². The van der Waals surface area contributed by atoms with Crippen molar-refractivity contribution in [1.82, 2.24) is 23.7 Å². The van der Waals surface area contributed by atoms with E-state index in [-0.39, 0.29) is 35.2 Å². The van der Waals surface area contributed by atoms with Crippen LogP contribution in [0, 0.1) is 0 Å². The number of nitrogens with zero attached hydrogens (tertiary/aromatic N) is 6. The summed E-state index contributed by atoms with van der Waals surface area (Å²) in [5.74, 6) is 0.0402. The molecule has 36 heavy (non-hydrogen) atoms. The molecule has 0 aliphatic carbocycles. The van der Waals surface area contributed by atoms with Crippen LogP contribution in [0.2, 0.25) is 0 Å². The highest BCUT2D eigenvalue weighted by molar-refractivity contribution is 6.29. The van der Waals surface area contributed by atoms with Gasteiger partial charge in [-0.15, -0.1) is 10.2 Å². The van der Waals surface area contributed by atoms with Gasteiger partial charge in [0.25, 0.3) is 11.5 Å². The largest absolute Gasteiger partial charge is 0.493 e. The van der Waals surface area contributed by atoms with E-state index in [0.29, 0.717) is 17.0 Å². The number of para-hydroxylation sites is 1. The summed E-state index contributed by atoms with van der Waals surface area (Å²) in [7, 11) is 1.50. The molecular weight excluding hydrogens is 482 g/mol. The summed E-state index contributed by atoms with van der Waals surface area (Å²) in [4.78, 5) is 31.4. The first kappa shape index (κ1) is 23.3. The predicted octanol–water partition coefficient (Wildman–Crippen LogP) is 4.69. The lowest BCUT2D eigenvalue weighted by atomic mass is 10.2. The van der Waals surface area contributed by atoms with Crippen molar-refractivity contribution >= 4 is 45.3 Å². The van der Waals surface area contributed by atoms with Gasteiger partial charge in [-0.05, 0) is 18.6 Å². The van der Waals surface area contributed by atoms with E-state index in [1.54, 1.807) is 17.6 Å². The van der Waals surface area contributed by atoms with Gasteiger partial charge < -0.3 is 9.67 Å². The molecule has 0 fully saturated rings. The number of nitrogens with one attached hydrogen (secondary N) is 1. The van der Waals surface area contributed by atoms with E-state index >= 15 is 0 Å². The zero-order valence-corrected chi connectivity index (χ0v) is 20.3. The van der Waals surface area contributed by atoms with Gasteiger partial charge in [-0.1, -0.05) is 66.2 Å². The van der Waals surface area contributed by atoms with Crippen molar-refractivity contribution < 1.29 is 5.11 Å². The normalized spacial score (nSPS) is 12.4. The van der Waals surface area contributed by atoms with Crippen molar-refractivity contribution in [2.24, 2.45) is 17.3 Å². The topological polar surface area (TPSA) is 123 Å². The van der Waals surface area contributed by atoms with Crippen molar-refractivity contribution in [1.29, 1.82) is 0 Å². The number of aromatic hydroxyl groups is 1. The lowest BCUT2D eigenvalue weighted by Gasteiger charge is -2.06. The number of aromatic nitrogens is 5. The summed E-state index contributed by atoms with van der Waals surface area (Å²) in [5, 5.41) is 21.0. The van der Waals surface area contributed by atoms with Crippen LogP contribution in [0.25, 0.3) is 22.1 Å². The molecule has 3 heterocycles. The first-order valence-corrected chi connectivity index (χ1v) is 11.5. The molecule has 11 heteroatoms. The van der Waals surface area contributed by atoms with Crippen LogP contribution in [0.1, 0.15) is 12.5 Å². The average molecular weight is 504 g/mol. The molecule has 0 saturated carbocycles. The van der Waals surface area contributed by atoms with Crippen molar-refractivity contribution in [3.63, 3.8) is 0 Å². The summed E-state index contributed by atoms with van der Waals surface area (Å²) >= 11 is 6.02. The van der Waals surface area contributed by atoms with E-state index in [2.05, 4.69) is 20.2 Å². The van der Waals surface area contributed by atoms with Crippen LogP contribution in [0.4, 0.5) is 11.6 Å². The summed E-state index contributed by atoms with van der Waals surface area (Å²) in [5.41, 5.74) is 1.22. The zero-order chi connectivity index (χ0) is 25.4. The molecule has 0 amide bonds. The van der Waals surface area contributed by atoms with Gasteiger partial charge in [0.15, 0.2) is 16.9 Å². The lowest BCUT2D eigenvalue weighted by molar-refractivity contribution is 0.429. The molecule has 2 aromatic carbocycles. The Kier molecular flexibility index (Phi) is 6.03. The maximum absolute atomic E-state index is 12.6. The summed E-state index contributed by atoms with van der Waals surface area (Å²) in [6.45, 7) is 2.34. The number of rotatable bonds is 6. The first-order valence-electron chi connectivity index (χ1n) is 11.1. The number of fused-ring (bicyclic) bond motifs is 2. The zero-order valence-electron chi connectivity index (χ0n) is 19.5. The van der Waals surface area contributed by atoms with Crippen LogP contribution in [0.15, 0.2) is 85.5 Å². The number of azo groups is 1. The van der Waals surface area contributed by atoms with Gasteiger partial charge in [-0.3, -0.25) is 18.9 Å². The van der Waals surface area contributed by atoms with Crippen LogP contribution < -0.4 is 11.2 Å². The van der Waals surface area contributed by atoms with E-state index in [1.807, 2.05) is 54.6 Å². The van der Waals surface area contributed by atoms with Gasteiger partial charge in [0.05, 0.1) is 12.1 Å². The maximum atomic E-state index is 12.6. The van der Waals surface area contributed by atoms with E-state index in [0.717, 1.165) is 11.1 Å². The Balaban J connectivity index is 1.66. The summed E-state index contributed by atoms with van der Waals surface area (Å²) < 4.78 is 4.51. The van der Waals surface area contributed by atoms with Crippen molar-refractivity contribution in [2.45, 2.75) is 20.0 Å². The molecule has 0 radical (unpaired) electrons. The predicted molar refractivity (Wildman–Crippen MR) is 139 cm³/mol. The van der Waals surface area contributed by atoms with E-state index in [4.69, 9.17) is 11.6 Å². The number of imidazole rings is 1. The maximum Gasteiger partial charge on any atom is 0.329 e. The Bertz CT molecular complexity index is 1770. The van der Waals surface area contributed by atoms with Gasteiger partial charge >= 0.3 is 5.69 Å². The number of benzene rings is 2. The SMILES string of the molecule is C/C(Cl)=C\Cn1c(N=Nc2c(O)n(Cc3ccccc3)c3ccccc23)nc2c1c(=O)[nH]c(=O)n2C. The summed E-state index contributed by atoms with van der Waals surface area (Å²) in [6.07, 6.45) is 1.69. The highest BCUT2D eigenvalue weighted by atomic mass is 35.5. The molecule has 0 atom stereocenters. The van der Waals surface area contributed by atoms with Gasteiger partial charge in [0.1, 0.15) is 0 Å². The Hall–Kier alpha value is -4.44. The molecule has 3 aromatic heterocycles. The number of aromatic amines is 1. The van der Waals surface area contributed by atoms with Gasteiger partial charge in [0.2, 0.25) is 5.88 Å². The molecule has 0 bridgehead atoms. The molecule has 0 saturated heterocycles. The third-order valence-electron chi connectivity index (χ3n) is 5.88. The number of H-pyrrole nitrogens is 1. The number of hydrogen-bond donors (Lipinski definition) is 2. The van der Waals surface area contributed by atoms with Crippen LogP contribution in [-0.2, 0) is 20.1 Å². The fourth-order valence-electron chi connectivity index (χ4n) is 4.08. The van der Waals surface area contributed by atoms with E-state index < -0.39 is 11.2 Å². The molecule has 0 unspecified atom stereocenters. The highest BCUT2D eigenvalue weighted by Crippen LogP contribution is 2.40. The standard InChI is InChI=1S/C25H22ClN7O3/c1-15(26)12-13-32-20-21(31(2)25(36)28-22(20)34)27-24(32)30-29-19-17-10-6-7-11-18(17)33(23(19)35)14-16-8-4-3-5-9-16/h3-12,35H,13-14H2,1-2H3,(H,28,34,36)/b15-12+,30-29?. The van der Waals surface area contributed by atoms with Crippen molar-refractivity contribution in [2.75, 3.05) is 0 Å². The Labute approximate surface area is 209 Å². The molecule has 0 aliphatic heterocycles. The van der Waals surface area contributed by atoms with Crippen molar-refractivity contribution in [3.05, 3.63) is 92.1 Å². The fraction of sp³-hybridized carbons (Fsp3) is 0.160. The molecule has 0 aliphatic rings. The third kappa shape index (κ3) is 4.11. The monoisotopic (exact) mass is 503 g/mol. The Morgan fingerprint density at radius 3 is 2.56 bits per heavy atom. The molecule has 5 aromatic rings. The van der Waals surface area contributed by atoms with E-state index in [9.17, 15) is 14.7 Å². The minimum Gasteiger partial charge on any atom is -0.493 e. The number of allylic oxidation sites excluding steroid dienone is 2. The number of halogens is 1. The quantitative estimate of drug-likeness (QED) is 0.326. The van der Waals surface area contributed by atoms with Crippen LogP contribution in [0.3, 0.4) is 0 Å². The highest BCUT2D eigenvalue weighted by Gasteiger charge is 2.19. The second-order valence-electron chi connectivity index (χ2n) is 8.26. The smallest absolute Gasteiger partial charge is 0.329 e. The van der Waals surface area contributed by atoms with Crippen LogP contribution in [-0.4, -0.2) is 28.8 Å². The van der Waals surface area contributed by atoms with Crippen molar-refractivity contribution in [3.8, 4) is 5.88 Å². The molecule has 182 valence electrons. The molecular formula is C25H22ClN7O3. The van der Waals surface area contributed by atoms with Gasteiger partial charge in [0, 0.05) is 24.0 Å². The van der Waals surface area contributed by atoms with Crippen LogP contribution in [0.5, 0.6) is 5.88 Å². The lowest BCUT2D eigenvalue weighted by Crippen LogP contribution is -2.29. The average Bonchev–Trinajstić information content (AvgIpc) is 3.36. The van der Waals surface area contributed by atoms with Crippen LogP contribution >= 0.6 is 11.6 Å². The number of aryl methyl sites for hydroxylation is 1. The number of hydrogen-bond acceptors (Lipinski definition) is 6. The molecule has 10 nitrogen and oxygen atoms in total. The van der Waals surface area contributed by atoms with Gasteiger partial charge in [-0.25, -0.2) is 4.79 Å². The Morgan fingerprint density at radius 2 is 1.81 bits per heavy atom. The molecule has 5 rings (SSSR count). The Morgan fingerprint density at radius 1 is 1.08 bits per heavy atom.